The van der Waals surface area contributed by atoms with Crippen LogP contribution in [0.4, 0.5) is 10.1 Å². The molecule has 2 N–H and O–H groups in total. The fourth-order valence-electron chi connectivity index (χ4n) is 2.11. The number of nitrogens with two attached hydrogens (primary N) is 1. The Bertz CT molecular complexity index is 397. The molecule has 4 heteroatoms. The van der Waals surface area contributed by atoms with Crippen LogP contribution in [-0.2, 0) is 0 Å². The zero-order valence-electron chi connectivity index (χ0n) is 9.66. The largest absolute Gasteiger partial charge is 0.483 e. The molecule has 0 spiro atoms. The van der Waals surface area contributed by atoms with Crippen molar-refractivity contribution in [2.75, 3.05) is 25.9 Å². The molecule has 0 aromatic heterocycles. The monoisotopic (exact) mass is 224 g/mol. The Morgan fingerprint density at radius 1 is 1.50 bits per heavy atom. The maximum atomic E-state index is 13.6. The number of likely N-dealkylation sites (N-methyl/N-ethyl adjacent to an activating group) is 1. The lowest BCUT2D eigenvalue weighted by Gasteiger charge is -2.26. The maximum absolute atomic E-state index is 13.6. The Balaban J connectivity index is 2.14. The topological polar surface area (TPSA) is 38.5 Å². The molecule has 0 radical (unpaired) electrons. The Kier molecular flexibility index (Phi) is 2.76. The van der Waals surface area contributed by atoms with E-state index in [0.717, 1.165) is 19.5 Å². The smallest absolute Gasteiger partial charge is 0.167 e. The number of nitrogen functional groups attached to an aromatic ring is 1. The number of hydrogen-bond acceptors (Lipinski definition) is 3. The molecule has 0 amide bonds. The van der Waals surface area contributed by atoms with Crippen molar-refractivity contribution in [3.05, 3.63) is 24.0 Å². The Hall–Kier alpha value is -1.29. The molecule has 1 heterocycles. The second-order valence-electron chi connectivity index (χ2n) is 4.73. The molecule has 88 valence electrons. The normalized spacial score (nSPS) is 25.9. The van der Waals surface area contributed by atoms with Crippen LogP contribution in [0, 0.1) is 5.82 Å². The van der Waals surface area contributed by atoms with Gasteiger partial charge in [0, 0.05) is 31.3 Å². The first kappa shape index (κ1) is 11.2. The highest BCUT2D eigenvalue weighted by atomic mass is 19.1. The Morgan fingerprint density at radius 3 is 2.81 bits per heavy atom. The van der Waals surface area contributed by atoms with E-state index >= 15 is 0 Å². The van der Waals surface area contributed by atoms with Gasteiger partial charge in [-0.05, 0) is 26.1 Å². The van der Waals surface area contributed by atoms with E-state index in [1.165, 1.54) is 6.07 Å². The van der Waals surface area contributed by atoms with E-state index in [9.17, 15) is 4.39 Å². The minimum absolute atomic E-state index is 0.284. The highest BCUT2D eigenvalue weighted by Crippen LogP contribution is 2.29. The van der Waals surface area contributed by atoms with Gasteiger partial charge >= 0.3 is 0 Å². The molecule has 0 bridgehead atoms. The van der Waals surface area contributed by atoms with E-state index in [-0.39, 0.29) is 11.4 Å². The molecule has 1 aromatic carbocycles. The SMILES string of the molecule is CN1CCC(C)(Oc2ccc(N)cc2F)C1. The summed E-state index contributed by atoms with van der Waals surface area (Å²) in [5.41, 5.74) is 5.60. The number of rotatable bonds is 2. The summed E-state index contributed by atoms with van der Waals surface area (Å²) in [7, 11) is 2.04. The van der Waals surface area contributed by atoms with Gasteiger partial charge in [0.05, 0.1) is 0 Å². The van der Waals surface area contributed by atoms with Crippen molar-refractivity contribution in [2.45, 2.75) is 18.9 Å². The van der Waals surface area contributed by atoms with E-state index in [1.54, 1.807) is 12.1 Å². The van der Waals surface area contributed by atoms with Gasteiger partial charge in [-0.3, -0.25) is 0 Å². The second-order valence-corrected chi connectivity index (χ2v) is 4.73. The lowest BCUT2D eigenvalue weighted by molar-refractivity contribution is 0.0944. The summed E-state index contributed by atoms with van der Waals surface area (Å²) < 4.78 is 19.3. The van der Waals surface area contributed by atoms with Crippen molar-refractivity contribution < 1.29 is 9.13 Å². The summed E-state index contributed by atoms with van der Waals surface area (Å²) in [6.07, 6.45) is 0.910. The molecule has 1 atom stereocenters. The van der Waals surface area contributed by atoms with Crippen LogP contribution in [0.25, 0.3) is 0 Å². The van der Waals surface area contributed by atoms with Crippen LogP contribution in [0.3, 0.4) is 0 Å². The molecule has 1 fully saturated rings. The van der Waals surface area contributed by atoms with Gasteiger partial charge < -0.3 is 15.4 Å². The Labute approximate surface area is 95.0 Å². The highest BCUT2D eigenvalue weighted by Gasteiger charge is 2.34. The van der Waals surface area contributed by atoms with Crippen molar-refractivity contribution in [2.24, 2.45) is 0 Å². The molecule has 1 saturated heterocycles. The van der Waals surface area contributed by atoms with E-state index in [2.05, 4.69) is 4.90 Å². The van der Waals surface area contributed by atoms with Crippen LogP contribution in [-0.4, -0.2) is 30.6 Å². The van der Waals surface area contributed by atoms with E-state index in [0.29, 0.717) is 5.69 Å². The molecule has 3 nitrogen and oxygen atoms in total. The molecule has 1 aromatic rings. The van der Waals surface area contributed by atoms with Crippen molar-refractivity contribution in [3.63, 3.8) is 0 Å². The van der Waals surface area contributed by atoms with Crippen LogP contribution >= 0.6 is 0 Å². The number of ether oxygens (including phenoxy) is 1. The van der Waals surface area contributed by atoms with Gasteiger partial charge in [0.2, 0.25) is 0 Å². The summed E-state index contributed by atoms with van der Waals surface area (Å²) in [4.78, 5) is 2.18. The zero-order valence-corrected chi connectivity index (χ0v) is 9.66. The summed E-state index contributed by atoms with van der Waals surface area (Å²) in [5.74, 6) is -0.109. The quantitative estimate of drug-likeness (QED) is 0.779. The first-order chi connectivity index (χ1) is 7.48. The third-order valence-corrected chi connectivity index (χ3v) is 2.94. The van der Waals surface area contributed by atoms with Gasteiger partial charge in [-0.2, -0.15) is 0 Å². The zero-order chi connectivity index (χ0) is 11.8. The van der Waals surface area contributed by atoms with E-state index < -0.39 is 5.82 Å². The Morgan fingerprint density at radius 2 is 2.25 bits per heavy atom. The number of hydrogen-bond donors (Lipinski definition) is 1. The van der Waals surface area contributed by atoms with E-state index in [1.807, 2.05) is 14.0 Å². The van der Waals surface area contributed by atoms with Crippen LogP contribution in [0.5, 0.6) is 5.75 Å². The fraction of sp³-hybridized carbons (Fsp3) is 0.500. The average Bonchev–Trinajstić information content (AvgIpc) is 2.52. The van der Waals surface area contributed by atoms with Crippen molar-refractivity contribution >= 4 is 5.69 Å². The minimum Gasteiger partial charge on any atom is -0.483 e. The number of anilines is 1. The molecule has 1 unspecified atom stereocenters. The van der Waals surface area contributed by atoms with Gasteiger partial charge in [0.15, 0.2) is 11.6 Å². The summed E-state index contributed by atoms with van der Waals surface area (Å²) in [6, 6.07) is 4.53. The molecule has 2 rings (SSSR count). The molecular formula is C12H17FN2O. The molecule has 16 heavy (non-hydrogen) atoms. The average molecular weight is 224 g/mol. The molecule has 0 saturated carbocycles. The van der Waals surface area contributed by atoms with Gasteiger partial charge in [-0.1, -0.05) is 0 Å². The summed E-state index contributed by atoms with van der Waals surface area (Å²) >= 11 is 0. The molecule has 0 aliphatic carbocycles. The van der Waals surface area contributed by atoms with Crippen LogP contribution < -0.4 is 10.5 Å². The fourth-order valence-corrected chi connectivity index (χ4v) is 2.11. The molecular weight excluding hydrogens is 207 g/mol. The summed E-state index contributed by atoms with van der Waals surface area (Å²) in [6.45, 7) is 3.80. The van der Waals surface area contributed by atoms with Crippen molar-refractivity contribution in [1.82, 2.24) is 4.90 Å². The number of nitrogens with zero attached hydrogens (tertiary/aromatic N) is 1. The van der Waals surface area contributed by atoms with E-state index in [4.69, 9.17) is 10.5 Å². The number of likely N-dealkylation sites (tertiary alicyclic amines) is 1. The summed E-state index contributed by atoms with van der Waals surface area (Å²) in [5, 5.41) is 0. The van der Waals surface area contributed by atoms with Crippen molar-refractivity contribution in [1.29, 1.82) is 0 Å². The highest BCUT2D eigenvalue weighted by molar-refractivity contribution is 5.43. The van der Waals surface area contributed by atoms with Crippen LogP contribution in [0.1, 0.15) is 13.3 Å². The standard InChI is InChI=1S/C12H17FN2O/c1-12(5-6-15(2)8-12)16-11-4-3-9(14)7-10(11)13/h3-4,7H,5-6,8,14H2,1-2H3. The van der Waals surface area contributed by atoms with Gasteiger partial charge in [0.25, 0.3) is 0 Å². The van der Waals surface area contributed by atoms with Crippen LogP contribution in [0.15, 0.2) is 18.2 Å². The minimum atomic E-state index is -0.393. The van der Waals surface area contributed by atoms with Gasteiger partial charge in [-0.25, -0.2) is 4.39 Å². The number of benzene rings is 1. The second kappa shape index (κ2) is 3.94. The van der Waals surface area contributed by atoms with Gasteiger partial charge in [0.1, 0.15) is 5.60 Å². The first-order valence-electron chi connectivity index (χ1n) is 5.41. The first-order valence-corrected chi connectivity index (χ1v) is 5.41. The number of halogens is 1. The lowest BCUT2D eigenvalue weighted by atomic mass is 10.1. The predicted molar refractivity (Wildman–Crippen MR) is 62.0 cm³/mol. The maximum Gasteiger partial charge on any atom is 0.167 e. The predicted octanol–water partition coefficient (Wildman–Crippen LogP) is 1.88. The lowest BCUT2D eigenvalue weighted by Crippen LogP contribution is -2.35. The van der Waals surface area contributed by atoms with Crippen LogP contribution in [0.2, 0.25) is 0 Å². The third kappa shape index (κ3) is 2.27. The van der Waals surface area contributed by atoms with Crippen molar-refractivity contribution in [3.8, 4) is 5.75 Å². The van der Waals surface area contributed by atoms with Gasteiger partial charge in [-0.15, -0.1) is 0 Å². The molecule has 1 aliphatic rings. The third-order valence-electron chi connectivity index (χ3n) is 2.94. The molecule has 1 aliphatic heterocycles.